The highest BCUT2D eigenvalue weighted by atomic mass is 32.2. The number of pyridine rings is 1. The summed E-state index contributed by atoms with van der Waals surface area (Å²) in [5, 5.41) is 2.45. The van der Waals surface area contributed by atoms with Crippen LogP contribution < -0.4 is 21.5 Å². The lowest BCUT2D eigenvalue weighted by Gasteiger charge is -2.13. The number of carbonyl (C=O) groups excluding carboxylic acids is 2. The van der Waals surface area contributed by atoms with Crippen molar-refractivity contribution in [1.82, 2.24) is 10.3 Å². The smallest absolute Gasteiger partial charge is 0.406 e. The lowest BCUT2D eigenvalue weighted by atomic mass is 10.2. The Morgan fingerprint density at radius 1 is 1.20 bits per heavy atom. The van der Waals surface area contributed by atoms with Crippen LogP contribution in [0.1, 0.15) is 23.8 Å². The van der Waals surface area contributed by atoms with Crippen LogP contribution >= 0.6 is 0 Å². The number of benzene rings is 1. The first-order valence-corrected chi connectivity index (χ1v) is 9.73. The Labute approximate surface area is 169 Å². The van der Waals surface area contributed by atoms with E-state index in [4.69, 9.17) is 11.5 Å². The van der Waals surface area contributed by atoms with E-state index in [0.717, 1.165) is 36.5 Å². The first-order chi connectivity index (χ1) is 13.8. The summed E-state index contributed by atoms with van der Waals surface area (Å²) >= 11 is 0. The van der Waals surface area contributed by atoms with Gasteiger partial charge in [-0.25, -0.2) is 13.4 Å². The number of anilines is 1. The van der Waals surface area contributed by atoms with Crippen LogP contribution in [0.4, 0.5) is 18.9 Å². The summed E-state index contributed by atoms with van der Waals surface area (Å²) < 4.78 is 65.6. The molecule has 1 heterocycles. The Hall–Kier alpha value is -3.35. The van der Waals surface area contributed by atoms with Gasteiger partial charge in [-0.05, 0) is 37.3 Å². The predicted octanol–water partition coefficient (Wildman–Crippen LogP) is 1.39. The standard InChI is InChI=1S/C17H17F3N4O5S/c1-9(6-14(22)25)24-16(26)15-13(21)7-12(8-23-15)30(27,28)11-4-2-10(3-5-11)29-17(18,19)20/h2-5,7-9H,6,21H2,1H3,(H2,22,25)(H,24,26). The van der Waals surface area contributed by atoms with Gasteiger partial charge in [0.05, 0.1) is 15.5 Å². The summed E-state index contributed by atoms with van der Waals surface area (Å²) in [6, 6.07) is 3.95. The Bertz CT molecular complexity index is 1060. The molecule has 1 atom stereocenters. The number of carbonyl (C=O) groups is 2. The molecule has 0 saturated heterocycles. The maximum Gasteiger partial charge on any atom is 0.573 e. The highest BCUT2D eigenvalue weighted by Gasteiger charge is 2.31. The van der Waals surface area contributed by atoms with Crippen LogP contribution in [0.25, 0.3) is 0 Å². The second-order valence-corrected chi connectivity index (χ2v) is 8.13. The first kappa shape index (κ1) is 22.9. The molecule has 5 N–H and O–H groups in total. The monoisotopic (exact) mass is 446 g/mol. The molecule has 0 radical (unpaired) electrons. The molecule has 1 aromatic heterocycles. The minimum Gasteiger partial charge on any atom is -0.406 e. The van der Waals surface area contributed by atoms with Gasteiger partial charge in [0.2, 0.25) is 15.7 Å². The van der Waals surface area contributed by atoms with Gasteiger partial charge >= 0.3 is 6.36 Å². The van der Waals surface area contributed by atoms with E-state index < -0.39 is 39.8 Å². The van der Waals surface area contributed by atoms with E-state index in [-0.39, 0.29) is 27.6 Å². The summed E-state index contributed by atoms with van der Waals surface area (Å²) in [5.74, 6) is -1.95. The number of primary amides is 1. The summed E-state index contributed by atoms with van der Waals surface area (Å²) in [6.07, 6.45) is -4.14. The number of halogens is 3. The molecule has 9 nitrogen and oxygen atoms in total. The minimum atomic E-state index is -4.91. The largest absolute Gasteiger partial charge is 0.573 e. The van der Waals surface area contributed by atoms with Crippen LogP contribution in [-0.2, 0) is 14.6 Å². The summed E-state index contributed by atoms with van der Waals surface area (Å²) in [7, 11) is -4.18. The van der Waals surface area contributed by atoms with E-state index in [1.54, 1.807) is 0 Å². The molecular weight excluding hydrogens is 429 g/mol. The number of sulfone groups is 1. The summed E-state index contributed by atoms with van der Waals surface area (Å²) in [6.45, 7) is 1.53. The zero-order valence-electron chi connectivity index (χ0n) is 15.4. The van der Waals surface area contributed by atoms with Crippen LogP contribution in [0, 0.1) is 0 Å². The topological polar surface area (TPSA) is 154 Å². The van der Waals surface area contributed by atoms with Crippen molar-refractivity contribution in [2.75, 3.05) is 5.73 Å². The van der Waals surface area contributed by atoms with Crippen molar-refractivity contribution in [3.05, 3.63) is 42.2 Å². The molecule has 162 valence electrons. The third-order valence-corrected chi connectivity index (χ3v) is 5.41. The molecule has 0 aliphatic rings. The fourth-order valence-corrected chi connectivity index (χ4v) is 3.64. The van der Waals surface area contributed by atoms with Crippen molar-refractivity contribution in [2.45, 2.75) is 35.5 Å². The molecule has 0 bridgehead atoms. The number of aromatic nitrogens is 1. The van der Waals surface area contributed by atoms with Crippen LogP contribution in [0.15, 0.2) is 46.3 Å². The predicted molar refractivity (Wildman–Crippen MR) is 98.0 cm³/mol. The third-order valence-electron chi connectivity index (χ3n) is 3.67. The maximum atomic E-state index is 12.7. The molecule has 0 aliphatic heterocycles. The Kier molecular flexibility index (Phi) is 6.55. The number of nitrogen functional groups attached to an aromatic ring is 1. The molecule has 1 aromatic carbocycles. The first-order valence-electron chi connectivity index (χ1n) is 8.25. The number of amides is 2. The molecule has 13 heteroatoms. The van der Waals surface area contributed by atoms with Gasteiger partial charge in [0.1, 0.15) is 5.75 Å². The lowest BCUT2D eigenvalue weighted by Crippen LogP contribution is -2.36. The van der Waals surface area contributed by atoms with Crippen LogP contribution in [0.2, 0.25) is 0 Å². The third kappa shape index (κ3) is 5.83. The van der Waals surface area contributed by atoms with Crippen molar-refractivity contribution in [2.24, 2.45) is 5.73 Å². The average Bonchev–Trinajstić information content (AvgIpc) is 2.59. The molecule has 30 heavy (non-hydrogen) atoms. The number of nitrogens with two attached hydrogens (primary N) is 2. The molecule has 2 aromatic rings. The second kappa shape index (κ2) is 8.57. The molecule has 0 aliphatic carbocycles. The van der Waals surface area contributed by atoms with Gasteiger partial charge in [-0.1, -0.05) is 0 Å². The summed E-state index contributed by atoms with van der Waals surface area (Å²) in [5.41, 5.74) is 10.3. The highest BCUT2D eigenvalue weighted by molar-refractivity contribution is 7.91. The van der Waals surface area contributed by atoms with E-state index >= 15 is 0 Å². The zero-order chi connectivity index (χ0) is 22.7. The minimum absolute atomic E-state index is 0.119. The number of hydrogen-bond acceptors (Lipinski definition) is 7. The highest BCUT2D eigenvalue weighted by Crippen LogP contribution is 2.27. The fraction of sp³-hybridized carbons (Fsp3) is 0.235. The van der Waals surface area contributed by atoms with Crippen molar-refractivity contribution in [1.29, 1.82) is 0 Å². The molecule has 2 rings (SSSR count). The number of nitrogens with one attached hydrogen (secondary N) is 1. The molecule has 0 saturated carbocycles. The molecular formula is C17H17F3N4O5S. The van der Waals surface area contributed by atoms with Gasteiger partial charge in [-0.2, -0.15) is 0 Å². The Balaban J connectivity index is 2.24. The van der Waals surface area contributed by atoms with Crippen molar-refractivity contribution in [3.8, 4) is 5.75 Å². The maximum absolute atomic E-state index is 12.7. The Morgan fingerprint density at radius 3 is 2.30 bits per heavy atom. The number of alkyl halides is 3. The van der Waals surface area contributed by atoms with Crippen LogP contribution in [0.3, 0.4) is 0 Å². The van der Waals surface area contributed by atoms with Crippen LogP contribution in [0.5, 0.6) is 5.75 Å². The Morgan fingerprint density at radius 2 is 1.80 bits per heavy atom. The fourth-order valence-electron chi connectivity index (χ4n) is 2.40. The average molecular weight is 446 g/mol. The summed E-state index contributed by atoms with van der Waals surface area (Å²) in [4.78, 5) is 26.1. The number of rotatable bonds is 7. The second-order valence-electron chi connectivity index (χ2n) is 6.18. The van der Waals surface area contributed by atoms with Crippen molar-refractivity contribution >= 4 is 27.3 Å². The van der Waals surface area contributed by atoms with E-state index in [9.17, 15) is 31.2 Å². The quantitative estimate of drug-likeness (QED) is 0.580. The van der Waals surface area contributed by atoms with Gasteiger partial charge < -0.3 is 21.5 Å². The van der Waals surface area contributed by atoms with Gasteiger partial charge in [0.15, 0.2) is 5.69 Å². The van der Waals surface area contributed by atoms with E-state index in [2.05, 4.69) is 15.0 Å². The van der Waals surface area contributed by atoms with E-state index in [1.165, 1.54) is 6.92 Å². The SMILES string of the molecule is CC(CC(N)=O)NC(=O)c1ncc(S(=O)(=O)c2ccc(OC(F)(F)F)cc2)cc1N. The molecule has 2 amide bonds. The van der Waals surface area contributed by atoms with E-state index in [1.807, 2.05) is 0 Å². The number of hydrogen-bond donors (Lipinski definition) is 3. The number of ether oxygens (including phenoxy) is 1. The number of nitrogens with zero attached hydrogens (tertiary/aromatic N) is 1. The van der Waals surface area contributed by atoms with Crippen molar-refractivity contribution in [3.63, 3.8) is 0 Å². The molecule has 0 spiro atoms. The van der Waals surface area contributed by atoms with Crippen LogP contribution in [-0.4, -0.2) is 37.6 Å². The van der Waals surface area contributed by atoms with E-state index in [0.29, 0.717) is 0 Å². The van der Waals surface area contributed by atoms with Gasteiger partial charge in [0, 0.05) is 18.7 Å². The molecule has 1 unspecified atom stereocenters. The lowest BCUT2D eigenvalue weighted by molar-refractivity contribution is -0.274. The normalized spacial score (nSPS) is 12.8. The molecule has 0 fully saturated rings. The van der Waals surface area contributed by atoms with Gasteiger partial charge in [0.25, 0.3) is 5.91 Å². The van der Waals surface area contributed by atoms with Gasteiger partial charge in [-0.3, -0.25) is 9.59 Å². The van der Waals surface area contributed by atoms with Crippen molar-refractivity contribution < 1.29 is 35.9 Å². The zero-order valence-corrected chi connectivity index (χ0v) is 16.3. The van der Waals surface area contributed by atoms with Gasteiger partial charge in [-0.15, -0.1) is 13.2 Å².